The Morgan fingerprint density at radius 3 is 2.87 bits per heavy atom. The summed E-state index contributed by atoms with van der Waals surface area (Å²) in [6.07, 6.45) is 5.66. The maximum Gasteiger partial charge on any atom is 0.410 e. The molecule has 0 radical (unpaired) electrons. The minimum Gasteiger partial charge on any atom is -0.444 e. The van der Waals surface area contributed by atoms with Crippen LogP contribution in [0, 0.1) is 0 Å². The molecular formula is C16H27N5O2. The van der Waals surface area contributed by atoms with Gasteiger partial charge in [-0.1, -0.05) is 0 Å². The molecule has 1 fully saturated rings. The Hall–Kier alpha value is -1.63. The smallest absolute Gasteiger partial charge is 0.410 e. The average molecular weight is 321 g/mol. The van der Waals surface area contributed by atoms with Gasteiger partial charge in [-0.05, 0) is 46.5 Å². The van der Waals surface area contributed by atoms with Gasteiger partial charge in [0.05, 0.1) is 6.04 Å². The highest BCUT2D eigenvalue weighted by molar-refractivity contribution is 5.68. The molecule has 0 unspecified atom stereocenters. The Labute approximate surface area is 137 Å². The van der Waals surface area contributed by atoms with Crippen LogP contribution in [0.15, 0.2) is 6.33 Å². The molecule has 7 nitrogen and oxygen atoms in total. The van der Waals surface area contributed by atoms with E-state index < -0.39 is 5.60 Å². The van der Waals surface area contributed by atoms with E-state index in [1.54, 1.807) is 6.33 Å². The van der Waals surface area contributed by atoms with Crippen LogP contribution >= 0.6 is 0 Å². The lowest BCUT2D eigenvalue weighted by Gasteiger charge is -2.36. The van der Waals surface area contributed by atoms with E-state index in [1.807, 2.05) is 30.4 Å². The number of aromatic nitrogens is 3. The fraction of sp³-hybridized carbons (Fsp3) is 0.812. The second kappa shape index (κ2) is 6.47. The molecule has 0 saturated carbocycles. The van der Waals surface area contributed by atoms with Crippen molar-refractivity contribution in [2.45, 2.75) is 70.7 Å². The lowest BCUT2D eigenvalue weighted by molar-refractivity contribution is 0.0181. The molecule has 2 aliphatic heterocycles. The van der Waals surface area contributed by atoms with E-state index >= 15 is 0 Å². The molecule has 1 amide bonds. The predicted octanol–water partition coefficient (Wildman–Crippen LogP) is 2.10. The number of aryl methyl sites for hydroxylation is 1. The van der Waals surface area contributed by atoms with E-state index in [0.717, 1.165) is 44.6 Å². The third-order valence-electron chi connectivity index (χ3n) is 4.33. The molecule has 0 spiro atoms. The number of piperidine rings is 1. The number of rotatable bonds is 2. The van der Waals surface area contributed by atoms with Crippen LogP contribution in [0.5, 0.6) is 0 Å². The second-order valence-corrected chi connectivity index (χ2v) is 7.47. The number of hydrogen-bond donors (Lipinski definition) is 1. The molecule has 128 valence electrons. The number of likely N-dealkylation sites (tertiary alicyclic amines) is 1. The van der Waals surface area contributed by atoms with Gasteiger partial charge >= 0.3 is 6.09 Å². The average Bonchev–Trinajstić information content (AvgIpc) is 2.95. The Bertz CT molecular complexity index is 551. The summed E-state index contributed by atoms with van der Waals surface area (Å²) in [5.74, 6) is 1.02. The molecule has 0 bridgehead atoms. The van der Waals surface area contributed by atoms with Crippen molar-refractivity contribution in [1.82, 2.24) is 25.0 Å². The number of fused-ring (bicyclic) bond motifs is 1. The van der Waals surface area contributed by atoms with Crippen LogP contribution in [0.2, 0.25) is 0 Å². The fourth-order valence-corrected chi connectivity index (χ4v) is 3.34. The van der Waals surface area contributed by atoms with Crippen molar-refractivity contribution < 1.29 is 9.53 Å². The predicted molar refractivity (Wildman–Crippen MR) is 86.0 cm³/mol. The summed E-state index contributed by atoms with van der Waals surface area (Å²) in [7, 11) is 0. The van der Waals surface area contributed by atoms with E-state index in [1.165, 1.54) is 0 Å². The Kier molecular flexibility index (Phi) is 4.57. The van der Waals surface area contributed by atoms with Crippen molar-refractivity contribution in [3.63, 3.8) is 0 Å². The first-order valence-corrected chi connectivity index (χ1v) is 8.54. The molecule has 1 saturated heterocycles. The minimum absolute atomic E-state index is 0.212. The van der Waals surface area contributed by atoms with Crippen LogP contribution < -0.4 is 5.32 Å². The number of carbonyl (C=O) groups is 1. The standard InChI is InChI=1S/C16H27N5O2/c1-16(2,3)23-15(22)20-8-4-6-12(10-20)19-13-7-5-9-21-14(13)17-11-18-21/h11-13,19H,4-10H2,1-3H3/t12-,13-/m1/s1. The van der Waals surface area contributed by atoms with Gasteiger partial charge in [0, 0.05) is 25.7 Å². The van der Waals surface area contributed by atoms with Crippen molar-refractivity contribution in [1.29, 1.82) is 0 Å². The van der Waals surface area contributed by atoms with Gasteiger partial charge in [-0.25, -0.2) is 14.5 Å². The zero-order valence-corrected chi connectivity index (χ0v) is 14.3. The van der Waals surface area contributed by atoms with Gasteiger partial charge in [-0.15, -0.1) is 0 Å². The number of nitrogens with zero attached hydrogens (tertiary/aromatic N) is 4. The highest BCUT2D eigenvalue weighted by Crippen LogP contribution is 2.24. The fourth-order valence-electron chi connectivity index (χ4n) is 3.34. The summed E-state index contributed by atoms with van der Waals surface area (Å²) >= 11 is 0. The van der Waals surface area contributed by atoms with Crippen LogP contribution in [-0.2, 0) is 11.3 Å². The van der Waals surface area contributed by atoms with Gasteiger partial charge in [0.25, 0.3) is 0 Å². The maximum absolute atomic E-state index is 12.3. The first-order chi connectivity index (χ1) is 10.9. The van der Waals surface area contributed by atoms with E-state index in [-0.39, 0.29) is 18.2 Å². The van der Waals surface area contributed by atoms with Crippen LogP contribution in [0.4, 0.5) is 4.79 Å². The Morgan fingerprint density at radius 1 is 1.30 bits per heavy atom. The van der Waals surface area contributed by atoms with Gasteiger partial charge in [0.1, 0.15) is 17.8 Å². The number of hydrogen-bond acceptors (Lipinski definition) is 5. The molecule has 1 N–H and O–H groups in total. The minimum atomic E-state index is -0.447. The van der Waals surface area contributed by atoms with E-state index in [0.29, 0.717) is 6.54 Å². The number of nitrogens with one attached hydrogen (secondary N) is 1. The summed E-state index contributed by atoms with van der Waals surface area (Å²) < 4.78 is 7.47. The van der Waals surface area contributed by atoms with E-state index in [4.69, 9.17) is 4.74 Å². The molecule has 3 rings (SSSR count). The summed E-state index contributed by atoms with van der Waals surface area (Å²) in [5, 5.41) is 7.94. The largest absolute Gasteiger partial charge is 0.444 e. The molecule has 0 aromatic carbocycles. The first kappa shape index (κ1) is 16.2. The number of ether oxygens (including phenoxy) is 1. The van der Waals surface area contributed by atoms with Crippen molar-refractivity contribution in [3.05, 3.63) is 12.2 Å². The Balaban J connectivity index is 1.59. The summed E-state index contributed by atoms with van der Waals surface area (Å²) in [6, 6.07) is 0.513. The molecular weight excluding hydrogens is 294 g/mol. The van der Waals surface area contributed by atoms with Gasteiger partial charge in [0.2, 0.25) is 0 Å². The monoisotopic (exact) mass is 321 g/mol. The molecule has 1 aromatic heterocycles. The van der Waals surface area contributed by atoms with Crippen molar-refractivity contribution in [2.24, 2.45) is 0 Å². The van der Waals surface area contributed by atoms with Gasteiger partial charge in [0.15, 0.2) is 0 Å². The lowest BCUT2D eigenvalue weighted by atomic mass is 10.0. The van der Waals surface area contributed by atoms with Crippen LogP contribution in [-0.4, -0.2) is 50.5 Å². The van der Waals surface area contributed by atoms with Crippen molar-refractivity contribution in [2.75, 3.05) is 13.1 Å². The van der Waals surface area contributed by atoms with Gasteiger partial charge in [-0.3, -0.25) is 0 Å². The molecule has 0 aliphatic carbocycles. The van der Waals surface area contributed by atoms with Crippen molar-refractivity contribution >= 4 is 6.09 Å². The molecule has 2 atom stereocenters. The normalized spacial score (nSPS) is 25.1. The second-order valence-electron chi connectivity index (χ2n) is 7.47. The highest BCUT2D eigenvalue weighted by Gasteiger charge is 2.30. The van der Waals surface area contributed by atoms with E-state index in [9.17, 15) is 4.79 Å². The molecule has 2 aliphatic rings. The third-order valence-corrected chi connectivity index (χ3v) is 4.33. The SMILES string of the molecule is CC(C)(C)OC(=O)N1CCC[C@@H](N[C@@H]2CCCn3ncnc32)C1. The van der Waals surface area contributed by atoms with Crippen LogP contribution in [0.3, 0.4) is 0 Å². The number of carbonyl (C=O) groups excluding carboxylic acids is 1. The topological polar surface area (TPSA) is 72.3 Å². The third kappa shape index (κ3) is 4.02. The van der Waals surface area contributed by atoms with Crippen molar-refractivity contribution in [3.8, 4) is 0 Å². The van der Waals surface area contributed by atoms with Crippen LogP contribution in [0.25, 0.3) is 0 Å². The summed E-state index contributed by atoms with van der Waals surface area (Å²) in [4.78, 5) is 18.5. The zero-order chi connectivity index (χ0) is 16.4. The molecule has 3 heterocycles. The van der Waals surface area contributed by atoms with Gasteiger partial charge in [-0.2, -0.15) is 5.10 Å². The molecule has 23 heavy (non-hydrogen) atoms. The summed E-state index contributed by atoms with van der Waals surface area (Å²) in [5.41, 5.74) is -0.447. The van der Waals surface area contributed by atoms with E-state index in [2.05, 4.69) is 15.4 Å². The van der Waals surface area contributed by atoms with Crippen LogP contribution in [0.1, 0.15) is 58.3 Å². The lowest BCUT2D eigenvalue weighted by Crippen LogP contribution is -2.50. The first-order valence-electron chi connectivity index (χ1n) is 8.54. The zero-order valence-electron chi connectivity index (χ0n) is 14.3. The Morgan fingerprint density at radius 2 is 2.09 bits per heavy atom. The number of amides is 1. The molecule has 1 aromatic rings. The summed E-state index contributed by atoms with van der Waals surface area (Å²) in [6.45, 7) is 8.12. The highest BCUT2D eigenvalue weighted by atomic mass is 16.6. The molecule has 7 heteroatoms. The quantitative estimate of drug-likeness (QED) is 0.903. The maximum atomic E-state index is 12.3. The van der Waals surface area contributed by atoms with Gasteiger partial charge < -0.3 is 15.0 Å².